The van der Waals surface area contributed by atoms with E-state index in [1.165, 1.54) is 0 Å². The molecule has 17 heavy (non-hydrogen) atoms. The van der Waals surface area contributed by atoms with Gasteiger partial charge in [-0.25, -0.2) is 0 Å². The molecule has 5 heteroatoms. The minimum absolute atomic E-state index is 0.170. The number of hydrogen-bond donors (Lipinski definition) is 2. The van der Waals surface area contributed by atoms with Crippen LogP contribution in [0, 0.1) is 0 Å². The van der Waals surface area contributed by atoms with Gasteiger partial charge in [-0.2, -0.15) is 0 Å². The number of methoxy groups -OCH3 is 1. The van der Waals surface area contributed by atoms with E-state index in [2.05, 4.69) is 5.32 Å². The molecule has 0 fully saturated rings. The molecule has 1 aromatic carbocycles. The second-order valence-electron chi connectivity index (χ2n) is 3.34. The Kier molecular flexibility index (Phi) is 5.29. The van der Waals surface area contributed by atoms with E-state index in [4.69, 9.17) is 15.2 Å². The van der Waals surface area contributed by atoms with Crippen LogP contribution in [0.3, 0.4) is 0 Å². The van der Waals surface area contributed by atoms with Crippen LogP contribution in [0.2, 0.25) is 0 Å². The molecule has 3 N–H and O–H groups in total. The zero-order valence-electron chi connectivity index (χ0n) is 10.2. The van der Waals surface area contributed by atoms with Gasteiger partial charge in [-0.1, -0.05) is 0 Å². The maximum absolute atomic E-state index is 11.7. The molecule has 5 nitrogen and oxygen atoms in total. The Morgan fingerprint density at radius 2 is 2.18 bits per heavy atom. The van der Waals surface area contributed by atoms with Crippen LogP contribution in [0.4, 0.5) is 0 Å². The van der Waals surface area contributed by atoms with E-state index in [9.17, 15) is 4.79 Å². The van der Waals surface area contributed by atoms with Gasteiger partial charge in [0.1, 0.15) is 0 Å². The zero-order valence-corrected chi connectivity index (χ0v) is 10.2. The van der Waals surface area contributed by atoms with Gasteiger partial charge in [0, 0.05) is 18.7 Å². The normalized spacial score (nSPS) is 9.82. The average molecular weight is 238 g/mol. The summed E-state index contributed by atoms with van der Waals surface area (Å²) in [5, 5.41) is 2.69. The van der Waals surface area contributed by atoms with Crippen LogP contribution in [0.15, 0.2) is 18.2 Å². The Morgan fingerprint density at radius 1 is 1.41 bits per heavy atom. The third-order valence-electron chi connectivity index (χ3n) is 2.16. The molecule has 0 bridgehead atoms. The largest absolute Gasteiger partial charge is 0.493 e. The first kappa shape index (κ1) is 13.3. The zero-order chi connectivity index (χ0) is 12.7. The van der Waals surface area contributed by atoms with Crippen molar-refractivity contribution >= 4 is 5.91 Å². The maximum Gasteiger partial charge on any atom is 0.251 e. The van der Waals surface area contributed by atoms with Crippen molar-refractivity contribution in [1.29, 1.82) is 0 Å². The van der Waals surface area contributed by atoms with E-state index in [0.29, 0.717) is 36.8 Å². The summed E-state index contributed by atoms with van der Waals surface area (Å²) in [7, 11) is 1.54. The highest BCUT2D eigenvalue weighted by Crippen LogP contribution is 2.27. The van der Waals surface area contributed by atoms with Gasteiger partial charge < -0.3 is 20.5 Å². The van der Waals surface area contributed by atoms with Crippen LogP contribution in [0.1, 0.15) is 17.3 Å². The van der Waals surface area contributed by atoms with E-state index >= 15 is 0 Å². The number of benzene rings is 1. The van der Waals surface area contributed by atoms with Gasteiger partial charge in [0.15, 0.2) is 11.5 Å². The van der Waals surface area contributed by atoms with E-state index < -0.39 is 0 Å². The molecule has 1 amide bonds. The second kappa shape index (κ2) is 6.75. The van der Waals surface area contributed by atoms with Gasteiger partial charge in [-0.15, -0.1) is 0 Å². The summed E-state index contributed by atoms with van der Waals surface area (Å²) in [4.78, 5) is 11.7. The van der Waals surface area contributed by atoms with Gasteiger partial charge in [0.05, 0.1) is 13.7 Å². The minimum Gasteiger partial charge on any atom is -0.493 e. The monoisotopic (exact) mass is 238 g/mol. The van der Waals surface area contributed by atoms with Crippen LogP contribution in [-0.2, 0) is 0 Å². The van der Waals surface area contributed by atoms with Crippen LogP contribution in [-0.4, -0.2) is 32.7 Å². The first-order chi connectivity index (χ1) is 8.22. The van der Waals surface area contributed by atoms with Crippen molar-refractivity contribution in [3.05, 3.63) is 23.8 Å². The summed E-state index contributed by atoms with van der Waals surface area (Å²) in [5.74, 6) is 1.01. The first-order valence-corrected chi connectivity index (χ1v) is 5.52. The van der Waals surface area contributed by atoms with Crippen molar-refractivity contribution in [3.63, 3.8) is 0 Å². The van der Waals surface area contributed by atoms with Crippen LogP contribution in [0.5, 0.6) is 11.5 Å². The molecule has 0 aliphatic heterocycles. The molecule has 0 heterocycles. The number of carbonyl (C=O) groups excluding carboxylic acids is 1. The van der Waals surface area contributed by atoms with Crippen molar-refractivity contribution in [2.24, 2.45) is 5.73 Å². The van der Waals surface area contributed by atoms with Crippen LogP contribution < -0.4 is 20.5 Å². The second-order valence-corrected chi connectivity index (χ2v) is 3.34. The molecular weight excluding hydrogens is 220 g/mol. The Bertz CT molecular complexity index is 380. The molecule has 0 aliphatic rings. The van der Waals surface area contributed by atoms with Crippen molar-refractivity contribution in [3.8, 4) is 11.5 Å². The molecule has 0 saturated heterocycles. The number of carbonyl (C=O) groups is 1. The Hall–Kier alpha value is -1.75. The molecule has 0 saturated carbocycles. The lowest BCUT2D eigenvalue weighted by Crippen LogP contribution is -2.28. The highest BCUT2D eigenvalue weighted by atomic mass is 16.5. The maximum atomic E-state index is 11.7. The topological polar surface area (TPSA) is 73.6 Å². The third kappa shape index (κ3) is 3.64. The Morgan fingerprint density at radius 3 is 2.76 bits per heavy atom. The van der Waals surface area contributed by atoms with Crippen molar-refractivity contribution < 1.29 is 14.3 Å². The minimum atomic E-state index is -0.170. The molecule has 0 spiro atoms. The van der Waals surface area contributed by atoms with Crippen molar-refractivity contribution in [2.75, 3.05) is 26.8 Å². The SMILES string of the molecule is CCOc1ccc(C(=O)NCCN)cc1OC. The average Bonchev–Trinajstić information content (AvgIpc) is 2.36. The van der Waals surface area contributed by atoms with Gasteiger partial charge in [0.25, 0.3) is 5.91 Å². The standard InChI is InChI=1S/C12H18N2O3/c1-3-17-10-5-4-9(8-11(10)16-2)12(15)14-7-6-13/h4-5,8H,3,6-7,13H2,1-2H3,(H,14,15). The molecule has 0 aliphatic carbocycles. The van der Waals surface area contributed by atoms with Gasteiger partial charge >= 0.3 is 0 Å². The lowest BCUT2D eigenvalue weighted by molar-refractivity contribution is 0.0954. The molecule has 94 valence electrons. The van der Waals surface area contributed by atoms with E-state index in [-0.39, 0.29) is 5.91 Å². The number of rotatable bonds is 6. The third-order valence-corrected chi connectivity index (χ3v) is 2.16. The molecule has 0 aromatic heterocycles. The summed E-state index contributed by atoms with van der Waals surface area (Å²) in [6.07, 6.45) is 0. The number of ether oxygens (including phenoxy) is 2. The van der Waals surface area contributed by atoms with Gasteiger partial charge in [0.2, 0.25) is 0 Å². The van der Waals surface area contributed by atoms with Crippen LogP contribution in [0.25, 0.3) is 0 Å². The van der Waals surface area contributed by atoms with E-state index in [0.717, 1.165) is 0 Å². The van der Waals surface area contributed by atoms with Crippen molar-refractivity contribution in [2.45, 2.75) is 6.92 Å². The van der Waals surface area contributed by atoms with E-state index in [1.807, 2.05) is 6.92 Å². The first-order valence-electron chi connectivity index (χ1n) is 5.52. The summed E-state index contributed by atoms with van der Waals surface area (Å²) in [6.45, 7) is 3.31. The Labute approximate surface area is 101 Å². The molecule has 0 radical (unpaired) electrons. The fraction of sp³-hybridized carbons (Fsp3) is 0.417. The Balaban J connectivity index is 2.84. The van der Waals surface area contributed by atoms with Crippen LogP contribution >= 0.6 is 0 Å². The summed E-state index contributed by atoms with van der Waals surface area (Å²) >= 11 is 0. The lowest BCUT2D eigenvalue weighted by atomic mass is 10.2. The summed E-state index contributed by atoms with van der Waals surface area (Å²) in [5.41, 5.74) is 5.84. The van der Waals surface area contributed by atoms with Crippen molar-refractivity contribution in [1.82, 2.24) is 5.32 Å². The molecule has 1 aromatic rings. The molecule has 0 unspecified atom stereocenters. The number of nitrogens with two attached hydrogens (primary N) is 1. The fourth-order valence-corrected chi connectivity index (χ4v) is 1.37. The summed E-state index contributed by atoms with van der Waals surface area (Å²) < 4.78 is 10.5. The quantitative estimate of drug-likeness (QED) is 0.768. The number of hydrogen-bond acceptors (Lipinski definition) is 4. The molecule has 0 atom stereocenters. The predicted octanol–water partition coefficient (Wildman–Crippen LogP) is 0.782. The fourth-order valence-electron chi connectivity index (χ4n) is 1.37. The van der Waals surface area contributed by atoms with Gasteiger partial charge in [-0.3, -0.25) is 4.79 Å². The molecular formula is C12H18N2O3. The predicted molar refractivity (Wildman–Crippen MR) is 65.6 cm³/mol. The highest BCUT2D eigenvalue weighted by molar-refractivity contribution is 5.94. The highest BCUT2D eigenvalue weighted by Gasteiger charge is 2.10. The number of amides is 1. The summed E-state index contributed by atoms with van der Waals surface area (Å²) in [6, 6.07) is 5.07. The van der Waals surface area contributed by atoms with Gasteiger partial charge in [-0.05, 0) is 25.1 Å². The van der Waals surface area contributed by atoms with E-state index in [1.54, 1.807) is 25.3 Å². The molecule has 1 rings (SSSR count). The smallest absolute Gasteiger partial charge is 0.251 e. The lowest BCUT2D eigenvalue weighted by Gasteiger charge is -2.10. The number of nitrogens with one attached hydrogen (secondary N) is 1.